The molecule has 0 radical (unpaired) electrons. The molecule has 1 heterocycles. The van der Waals surface area contributed by atoms with Crippen LogP contribution in [0.15, 0.2) is 18.2 Å². The van der Waals surface area contributed by atoms with Gasteiger partial charge in [0.25, 0.3) is 0 Å². The molecule has 0 bridgehead atoms. The highest BCUT2D eigenvalue weighted by atomic mass is 16.2. The van der Waals surface area contributed by atoms with Gasteiger partial charge in [0.1, 0.15) is 0 Å². The smallest absolute Gasteiger partial charge is 0.238 e. The largest absolute Gasteiger partial charge is 0.399 e. The first kappa shape index (κ1) is 14.9. The number of anilines is 2. The number of benzene rings is 1. The van der Waals surface area contributed by atoms with Crippen LogP contribution in [0.25, 0.3) is 0 Å². The van der Waals surface area contributed by atoms with Crippen LogP contribution in [-0.4, -0.2) is 29.9 Å². The van der Waals surface area contributed by atoms with Gasteiger partial charge in [-0.15, -0.1) is 0 Å². The van der Waals surface area contributed by atoms with Gasteiger partial charge in [-0.05, 0) is 56.0 Å². The third kappa shape index (κ3) is 3.51. The van der Waals surface area contributed by atoms with Crippen molar-refractivity contribution in [3.63, 3.8) is 0 Å². The number of carbonyl (C=O) groups is 1. The van der Waals surface area contributed by atoms with Crippen LogP contribution in [-0.2, 0) is 4.79 Å². The number of nitrogen functional groups attached to an aromatic ring is 1. The summed E-state index contributed by atoms with van der Waals surface area (Å²) < 4.78 is 0. The summed E-state index contributed by atoms with van der Waals surface area (Å²) in [4.78, 5) is 14.5. The zero-order chi connectivity index (χ0) is 14.7. The molecule has 3 N–H and O–H groups in total. The fourth-order valence-electron chi connectivity index (χ4n) is 3.00. The molecule has 0 saturated carbocycles. The highest BCUT2D eigenvalue weighted by molar-refractivity contribution is 5.93. The van der Waals surface area contributed by atoms with Crippen molar-refractivity contribution in [1.29, 1.82) is 0 Å². The van der Waals surface area contributed by atoms with Crippen LogP contribution in [0.1, 0.15) is 32.3 Å². The van der Waals surface area contributed by atoms with Gasteiger partial charge in [0.2, 0.25) is 5.91 Å². The maximum atomic E-state index is 12.2. The van der Waals surface area contributed by atoms with E-state index in [0.717, 1.165) is 23.5 Å². The number of rotatable bonds is 4. The van der Waals surface area contributed by atoms with E-state index >= 15 is 0 Å². The van der Waals surface area contributed by atoms with Crippen LogP contribution in [0.2, 0.25) is 0 Å². The lowest BCUT2D eigenvalue weighted by Crippen LogP contribution is -2.39. The van der Waals surface area contributed by atoms with Gasteiger partial charge in [-0.2, -0.15) is 0 Å². The first-order chi connectivity index (χ1) is 9.47. The minimum Gasteiger partial charge on any atom is -0.399 e. The molecule has 0 spiro atoms. The zero-order valence-corrected chi connectivity index (χ0v) is 12.6. The van der Waals surface area contributed by atoms with Crippen molar-refractivity contribution in [2.75, 3.05) is 24.1 Å². The first-order valence-electron chi connectivity index (χ1n) is 7.37. The second-order valence-electron chi connectivity index (χ2n) is 6.05. The zero-order valence-electron chi connectivity index (χ0n) is 12.6. The standard InChI is InChI=1S/C16H25N3O/c1-11(2)15-5-4-8-19(15)10-16(20)18-14-7-6-13(17)9-12(14)3/h6-7,9,11,15H,4-5,8,10,17H2,1-3H3,(H,18,20). The molecule has 1 aliphatic heterocycles. The summed E-state index contributed by atoms with van der Waals surface area (Å²) in [5, 5.41) is 2.99. The molecular formula is C16H25N3O. The molecule has 0 aromatic heterocycles. The molecule has 1 fully saturated rings. The number of nitrogens with one attached hydrogen (secondary N) is 1. The SMILES string of the molecule is Cc1cc(N)ccc1NC(=O)CN1CCCC1C(C)C. The predicted molar refractivity (Wildman–Crippen MR) is 83.7 cm³/mol. The van der Waals surface area contributed by atoms with Gasteiger partial charge >= 0.3 is 0 Å². The maximum absolute atomic E-state index is 12.2. The Kier molecular flexibility index (Phi) is 4.65. The van der Waals surface area contributed by atoms with Crippen molar-refractivity contribution in [2.24, 2.45) is 5.92 Å². The highest BCUT2D eigenvalue weighted by Crippen LogP contribution is 2.23. The molecule has 1 unspecified atom stereocenters. The molecule has 1 amide bonds. The van der Waals surface area contributed by atoms with Crippen molar-refractivity contribution >= 4 is 17.3 Å². The Balaban J connectivity index is 1.95. The monoisotopic (exact) mass is 275 g/mol. The van der Waals surface area contributed by atoms with E-state index in [9.17, 15) is 4.79 Å². The summed E-state index contributed by atoms with van der Waals surface area (Å²) in [5.74, 6) is 0.661. The maximum Gasteiger partial charge on any atom is 0.238 e. The normalized spacial score (nSPS) is 19.5. The highest BCUT2D eigenvalue weighted by Gasteiger charge is 2.28. The summed E-state index contributed by atoms with van der Waals surface area (Å²) in [6, 6.07) is 6.10. The van der Waals surface area contributed by atoms with Gasteiger partial charge in [0.15, 0.2) is 0 Å². The Morgan fingerprint density at radius 1 is 1.50 bits per heavy atom. The number of hydrogen-bond donors (Lipinski definition) is 2. The van der Waals surface area contributed by atoms with E-state index in [2.05, 4.69) is 24.1 Å². The lowest BCUT2D eigenvalue weighted by molar-refractivity contribution is -0.117. The molecule has 1 aromatic rings. The fourth-order valence-corrected chi connectivity index (χ4v) is 3.00. The van der Waals surface area contributed by atoms with Crippen molar-refractivity contribution in [2.45, 2.75) is 39.7 Å². The molecule has 1 aromatic carbocycles. The molecule has 110 valence electrons. The van der Waals surface area contributed by atoms with Crippen molar-refractivity contribution in [3.8, 4) is 0 Å². The molecule has 4 heteroatoms. The van der Waals surface area contributed by atoms with E-state index in [1.807, 2.05) is 25.1 Å². The van der Waals surface area contributed by atoms with Crippen LogP contribution in [0, 0.1) is 12.8 Å². The molecular weight excluding hydrogens is 250 g/mol. The van der Waals surface area contributed by atoms with Gasteiger partial charge < -0.3 is 11.1 Å². The number of carbonyl (C=O) groups excluding carboxylic acids is 1. The van der Waals surface area contributed by atoms with Gasteiger partial charge in [-0.25, -0.2) is 0 Å². The summed E-state index contributed by atoms with van der Waals surface area (Å²) in [6.45, 7) is 7.92. The summed E-state index contributed by atoms with van der Waals surface area (Å²) in [6.07, 6.45) is 2.39. The van der Waals surface area contributed by atoms with Gasteiger partial charge in [0.05, 0.1) is 6.54 Å². The van der Waals surface area contributed by atoms with Gasteiger partial charge in [0, 0.05) is 17.4 Å². The minimum absolute atomic E-state index is 0.0606. The Morgan fingerprint density at radius 3 is 2.90 bits per heavy atom. The van der Waals surface area contributed by atoms with Crippen LogP contribution >= 0.6 is 0 Å². The quantitative estimate of drug-likeness (QED) is 0.831. The summed E-state index contributed by atoms with van der Waals surface area (Å²) in [5.41, 5.74) is 8.29. The Hall–Kier alpha value is -1.55. The number of hydrogen-bond acceptors (Lipinski definition) is 3. The number of likely N-dealkylation sites (tertiary alicyclic amines) is 1. The number of aryl methyl sites for hydroxylation is 1. The number of nitrogens with zero attached hydrogens (tertiary/aromatic N) is 1. The molecule has 1 saturated heterocycles. The summed E-state index contributed by atoms with van der Waals surface area (Å²) >= 11 is 0. The second kappa shape index (κ2) is 6.27. The van der Waals surface area contributed by atoms with Crippen molar-refractivity contribution in [1.82, 2.24) is 4.90 Å². The molecule has 1 aliphatic rings. The van der Waals surface area contributed by atoms with E-state index in [1.165, 1.54) is 12.8 Å². The average Bonchev–Trinajstić information content (AvgIpc) is 2.81. The Labute approximate surface area is 121 Å². The predicted octanol–water partition coefficient (Wildman–Crippen LogP) is 2.64. The van der Waals surface area contributed by atoms with Gasteiger partial charge in [-0.3, -0.25) is 9.69 Å². The van der Waals surface area contributed by atoms with Crippen LogP contribution in [0.4, 0.5) is 11.4 Å². The van der Waals surface area contributed by atoms with E-state index in [4.69, 9.17) is 5.73 Å². The molecule has 4 nitrogen and oxygen atoms in total. The molecule has 0 aliphatic carbocycles. The van der Waals surface area contributed by atoms with Crippen LogP contribution in [0.5, 0.6) is 0 Å². The third-order valence-corrected chi connectivity index (χ3v) is 4.06. The van der Waals surface area contributed by atoms with Gasteiger partial charge in [-0.1, -0.05) is 13.8 Å². The van der Waals surface area contributed by atoms with Crippen molar-refractivity contribution < 1.29 is 4.79 Å². The first-order valence-corrected chi connectivity index (χ1v) is 7.37. The van der Waals surface area contributed by atoms with E-state index < -0.39 is 0 Å². The van der Waals surface area contributed by atoms with E-state index in [0.29, 0.717) is 18.5 Å². The fraction of sp³-hybridized carbons (Fsp3) is 0.562. The lowest BCUT2D eigenvalue weighted by Gasteiger charge is -2.26. The summed E-state index contributed by atoms with van der Waals surface area (Å²) in [7, 11) is 0. The number of amides is 1. The van der Waals surface area contributed by atoms with E-state index in [-0.39, 0.29) is 5.91 Å². The molecule has 20 heavy (non-hydrogen) atoms. The third-order valence-electron chi connectivity index (χ3n) is 4.06. The Morgan fingerprint density at radius 2 is 2.25 bits per heavy atom. The second-order valence-corrected chi connectivity index (χ2v) is 6.05. The average molecular weight is 275 g/mol. The van der Waals surface area contributed by atoms with Crippen molar-refractivity contribution in [3.05, 3.63) is 23.8 Å². The van der Waals surface area contributed by atoms with E-state index in [1.54, 1.807) is 0 Å². The minimum atomic E-state index is 0.0606. The molecule has 1 atom stereocenters. The molecule has 2 rings (SSSR count). The van der Waals surface area contributed by atoms with Crippen LogP contribution < -0.4 is 11.1 Å². The van der Waals surface area contributed by atoms with Crippen LogP contribution in [0.3, 0.4) is 0 Å². The number of nitrogens with two attached hydrogens (primary N) is 1. The Bertz CT molecular complexity index is 485. The lowest BCUT2D eigenvalue weighted by atomic mass is 10.0. The topological polar surface area (TPSA) is 58.4 Å².